The van der Waals surface area contributed by atoms with Crippen LogP contribution in [0.3, 0.4) is 0 Å². The third-order valence-corrected chi connectivity index (χ3v) is 6.02. The van der Waals surface area contributed by atoms with Gasteiger partial charge in [-0.15, -0.1) is 0 Å². The summed E-state index contributed by atoms with van der Waals surface area (Å²) in [5.74, 6) is -0.652. The zero-order valence-corrected chi connectivity index (χ0v) is 12.7. The molecule has 6 nitrogen and oxygen atoms in total. The molecule has 0 bridgehead atoms. The molecule has 1 fully saturated rings. The number of amides is 1. The van der Waals surface area contributed by atoms with Crippen molar-refractivity contribution >= 4 is 21.6 Å². The second-order valence-corrected chi connectivity index (χ2v) is 7.64. The Hall–Kier alpha value is -1.60. The van der Waals surface area contributed by atoms with Gasteiger partial charge in [0.15, 0.2) is 0 Å². The number of benzene rings is 1. The van der Waals surface area contributed by atoms with E-state index < -0.39 is 21.2 Å². The molecule has 0 saturated heterocycles. The number of carbonyl (C=O) groups excluding carboxylic acids is 1. The third kappa shape index (κ3) is 3.95. The van der Waals surface area contributed by atoms with E-state index in [1.54, 1.807) is 24.3 Å². The van der Waals surface area contributed by atoms with Gasteiger partial charge in [-0.2, -0.15) is 4.31 Å². The van der Waals surface area contributed by atoms with Crippen LogP contribution in [0.15, 0.2) is 24.3 Å². The van der Waals surface area contributed by atoms with E-state index in [4.69, 9.17) is 11.5 Å². The fourth-order valence-electron chi connectivity index (χ4n) is 2.70. The molecular formula is C14H21N3O3S. The van der Waals surface area contributed by atoms with Crippen LogP contribution in [-0.4, -0.2) is 30.4 Å². The molecule has 4 N–H and O–H groups in total. The lowest BCUT2D eigenvalue weighted by atomic mass is 10.2. The van der Waals surface area contributed by atoms with E-state index in [-0.39, 0.29) is 13.1 Å². The maximum absolute atomic E-state index is 12.6. The van der Waals surface area contributed by atoms with Crippen LogP contribution in [0.1, 0.15) is 31.2 Å². The summed E-state index contributed by atoms with van der Waals surface area (Å²) in [7, 11) is -3.52. The predicted octanol–water partition coefficient (Wildman–Crippen LogP) is 0.828. The lowest BCUT2D eigenvalue weighted by molar-refractivity contribution is -0.118. The van der Waals surface area contributed by atoms with Crippen molar-refractivity contribution in [1.29, 1.82) is 0 Å². The summed E-state index contributed by atoms with van der Waals surface area (Å²) in [5, 5.41) is -0.405. The van der Waals surface area contributed by atoms with Crippen molar-refractivity contribution in [1.82, 2.24) is 4.31 Å². The summed E-state index contributed by atoms with van der Waals surface area (Å²) in [6, 6.07) is 6.98. The average molecular weight is 311 g/mol. The molecule has 0 aliphatic heterocycles. The van der Waals surface area contributed by atoms with E-state index in [2.05, 4.69) is 0 Å². The second-order valence-electron chi connectivity index (χ2n) is 5.43. The average Bonchev–Trinajstić information content (AvgIpc) is 2.92. The number of rotatable bonds is 6. The molecule has 1 aromatic rings. The number of hydrogen-bond donors (Lipinski definition) is 2. The first-order valence-electron chi connectivity index (χ1n) is 7.01. The highest BCUT2D eigenvalue weighted by atomic mass is 32.2. The molecule has 0 atom stereocenters. The Labute approximate surface area is 125 Å². The number of carbonyl (C=O) groups is 1. The van der Waals surface area contributed by atoms with E-state index >= 15 is 0 Å². The van der Waals surface area contributed by atoms with Gasteiger partial charge in [-0.05, 0) is 30.5 Å². The Morgan fingerprint density at radius 1 is 1.29 bits per heavy atom. The summed E-state index contributed by atoms with van der Waals surface area (Å²) < 4.78 is 26.5. The normalized spacial score (nSPS) is 16.4. The zero-order chi connectivity index (χ0) is 15.5. The number of anilines is 1. The van der Waals surface area contributed by atoms with Gasteiger partial charge >= 0.3 is 0 Å². The van der Waals surface area contributed by atoms with Crippen LogP contribution in [-0.2, 0) is 21.4 Å². The number of nitrogens with two attached hydrogens (primary N) is 2. The van der Waals surface area contributed by atoms with Crippen LogP contribution in [0.2, 0.25) is 0 Å². The minimum Gasteiger partial charge on any atom is -0.399 e. The standard InChI is InChI=1S/C14H21N3O3S/c15-12-5-3-4-11(8-12)9-17(10-14(16)18)21(19,20)13-6-1-2-7-13/h3-5,8,13H,1-2,6-7,9-10,15H2,(H2,16,18). The summed E-state index contributed by atoms with van der Waals surface area (Å²) in [5.41, 5.74) is 12.2. The molecule has 1 saturated carbocycles. The second kappa shape index (κ2) is 6.44. The largest absolute Gasteiger partial charge is 0.399 e. The van der Waals surface area contributed by atoms with Crippen molar-refractivity contribution in [2.24, 2.45) is 5.73 Å². The Morgan fingerprint density at radius 3 is 2.52 bits per heavy atom. The molecule has 0 aromatic heterocycles. The first-order chi connectivity index (χ1) is 9.89. The van der Waals surface area contributed by atoms with Gasteiger partial charge < -0.3 is 11.5 Å². The zero-order valence-electron chi connectivity index (χ0n) is 11.9. The van der Waals surface area contributed by atoms with Crippen LogP contribution in [0.4, 0.5) is 5.69 Å². The van der Waals surface area contributed by atoms with Crippen LogP contribution in [0.25, 0.3) is 0 Å². The molecule has 0 spiro atoms. The van der Waals surface area contributed by atoms with Crippen LogP contribution in [0, 0.1) is 0 Å². The highest BCUT2D eigenvalue weighted by molar-refractivity contribution is 7.89. The molecule has 7 heteroatoms. The lowest BCUT2D eigenvalue weighted by Crippen LogP contribution is -2.42. The van der Waals surface area contributed by atoms with Gasteiger partial charge in [0.2, 0.25) is 15.9 Å². The van der Waals surface area contributed by atoms with Gasteiger partial charge in [-0.3, -0.25) is 4.79 Å². The molecule has 2 rings (SSSR count). The molecule has 21 heavy (non-hydrogen) atoms. The van der Waals surface area contributed by atoms with E-state index in [1.807, 2.05) is 0 Å². The maximum Gasteiger partial charge on any atom is 0.232 e. The minimum absolute atomic E-state index is 0.118. The molecule has 0 radical (unpaired) electrons. The first kappa shape index (κ1) is 15.8. The number of primary amides is 1. The smallest absolute Gasteiger partial charge is 0.232 e. The van der Waals surface area contributed by atoms with Crippen LogP contribution in [0.5, 0.6) is 0 Å². The van der Waals surface area contributed by atoms with Crippen molar-refractivity contribution in [2.45, 2.75) is 37.5 Å². The van der Waals surface area contributed by atoms with E-state index in [0.717, 1.165) is 18.4 Å². The lowest BCUT2D eigenvalue weighted by Gasteiger charge is -2.24. The molecule has 1 aliphatic carbocycles. The molecule has 1 amide bonds. The topological polar surface area (TPSA) is 106 Å². The monoisotopic (exact) mass is 311 g/mol. The van der Waals surface area contributed by atoms with Gasteiger partial charge in [0.25, 0.3) is 0 Å². The maximum atomic E-state index is 12.6. The Kier molecular flexibility index (Phi) is 4.84. The number of sulfonamides is 1. The number of nitrogens with zero attached hydrogens (tertiary/aromatic N) is 1. The predicted molar refractivity (Wildman–Crippen MR) is 81.6 cm³/mol. The van der Waals surface area contributed by atoms with Gasteiger partial charge in [-0.25, -0.2) is 8.42 Å². The van der Waals surface area contributed by atoms with Crippen LogP contribution >= 0.6 is 0 Å². The van der Waals surface area contributed by atoms with Gasteiger partial charge in [0.1, 0.15) is 0 Å². The van der Waals surface area contributed by atoms with Crippen molar-refractivity contribution in [2.75, 3.05) is 12.3 Å². The van der Waals surface area contributed by atoms with Crippen molar-refractivity contribution in [3.8, 4) is 0 Å². The fourth-order valence-corrected chi connectivity index (χ4v) is 4.69. The van der Waals surface area contributed by atoms with E-state index in [1.165, 1.54) is 4.31 Å². The molecule has 0 heterocycles. The summed E-state index contributed by atoms with van der Waals surface area (Å²) in [6.07, 6.45) is 3.11. The highest BCUT2D eigenvalue weighted by Crippen LogP contribution is 2.28. The highest BCUT2D eigenvalue weighted by Gasteiger charge is 2.34. The molecule has 1 aliphatic rings. The summed E-state index contributed by atoms with van der Waals surface area (Å²) >= 11 is 0. The van der Waals surface area contributed by atoms with E-state index in [0.29, 0.717) is 18.5 Å². The minimum atomic E-state index is -3.52. The SMILES string of the molecule is NC(=O)CN(Cc1cccc(N)c1)S(=O)(=O)C1CCCC1. The molecular weight excluding hydrogens is 290 g/mol. The van der Waals surface area contributed by atoms with Gasteiger partial charge in [0, 0.05) is 12.2 Å². The van der Waals surface area contributed by atoms with Crippen molar-refractivity contribution < 1.29 is 13.2 Å². The van der Waals surface area contributed by atoms with Crippen molar-refractivity contribution in [3.05, 3.63) is 29.8 Å². The quantitative estimate of drug-likeness (QED) is 0.759. The van der Waals surface area contributed by atoms with Gasteiger partial charge in [0.05, 0.1) is 11.8 Å². The Bertz CT molecular complexity index is 610. The summed E-state index contributed by atoms with van der Waals surface area (Å²) in [4.78, 5) is 11.2. The van der Waals surface area contributed by atoms with Crippen LogP contribution < -0.4 is 11.5 Å². The summed E-state index contributed by atoms with van der Waals surface area (Å²) in [6.45, 7) is -0.180. The number of nitrogen functional groups attached to an aromatic ring is 1. The molecule has 0 unspecified atom stereocenters. The van der Waals surface area contributed by atoms with Gasteiger partial charge in [-0.1, -0.05) is 25.0 Å². The molecule has 116 valence electrons. The third-order valence-electron chi connectivity index (χ3n) is 3.73. The Balaban J connectivity index is 2.23. The fraction of sp³-hybridized carbons (Fsp3) is 0.500. The van der Waals surface area contributed by atoms with Crippen molar-refractivity contribution in [3.63, 3.8) is 0 Å². The first-order valence-corrected chi connectivity index (χ1v) is 8.51. The molecule has 1 aromatic carbocycles. The van der Waals surface area contributed by atoms with E-state index in [9.17, 15) is 13.2 Å². The Morgan fingerprint density at radius 2 is 1.95 bits per heavy atom. The number of hydrogen-bond acceptors (Lipinski definition) is 4.